The molecule has 0 aliphatic rings. The standard InChI is InChI=1S/C10H14N5O6.K/c1-3-5-20-9-11-7(8(14(16)17)15(18)19)12-10(13-9)21-6-4-2;/h3-6H2,1-2H3;/q-1;+1. The molecule has 0 aromatic carbocycles. The van der Waals surface area contributed by atoms with Crippen LogP contribution in [0, 0.1) is 26.4 Å². The van der Waals surface area contributed by atoms with Crippen molar-refractivity contribution < 1.29 is 70.7 Å². The molecule has 0 spiro atoms. The molecule has 0 amide bonds. The number of hydrogen-bond donors (Lipinski definition) is 0. The van der Waals surface area contributed by atoms with E-state index in [1.54, 1.807) is 0 Å². The van der Waals surface area contributed by atoms with Crippen LogP contribution in [0.2, 0.25) is 0 Å². The summed E-state index contributed by atoms with van der Waals surface area (Å²) in [6, 6.07) is -0.511. The van der Waals surface area contributed by atoms with Crippen molar-refractivity contribution in [3.05, 3.63) is 32.2 Å². The van der Waals surface area contributed by atoms with Crippen LogP contribution in [-0.2, 0) is 0 Å². The SMILES string of the molecule is CCCOc1nc(OCCC)nc([C-]([N+](=O)[O-])[N+](=O)[O-])n1.[K+]. The zero-order valence-corrected chi connectivity index (χ0v) is 15.6. The maximum Gasteiger partial charge on any atom is 1.00 e. The molecule has 0 aliphatic carbocycles. The summed E-state index contributed by atoms with van der Waals surface area (Å²) in [6.07, 6.45) is -0.0689. The summed E-state index contributed by atoms with van der Waals surface area (Å²) in [5.41, 5.74) is 0. The van der Waals surface area contributed by atoms with Crippen LogP contribution in [0.3, 0.4) is 0 Å². The van der Waals surface area contributed by atoms with E-state index in [-0.39, 0.29) is 76.6 Å². The van der Waals surface area contributed by atoms with E-state index in [1.165, 1.54) is 0 Å². The van der Waals surface area contributed by atoms with Gasteiger partial charge in [0.15, 0.2) is 0 Å². The molecule has 11 nitrogen and oxygen atoms in total. The van der Waals surface area contributed by atoms with Gasteiger partial charge in [0.25, 0.3) is 0 Å². The first-order valence-corrected chi connectivity index (χ1v) is 6.17. The number of hydrogen-bond acceptors (Lipinski definition) is 9. The zero-order chi connectivity index (χ0) is 15.8. The molecule has 1 heterocycles. The Morgan fingerprint density at radius 1 is 0.955 bits per heavy atom. The van der Waals surface area contributed by atoms with Crippen LogP contribution < -0.4 is 60.9 Å². The normalized spacial score (nSPS) is 9.55. The van der Waals surface area contributed by atoms with Gasteiger partial charge in [0.2, 0.25) is 0 Å². The van der Waals surface area contributed by atoms with Crippen LogP contribution in [0.25, 0.3) is 0 Å². The summed E-state index contributed by atoms with van der Waals surface area (Å²) in [4.78, 5) is 30.1. The molecule has 0 atom stereocenters. The van der Waals surface area contributed by atoms with E-state index in [4.69, 9.17) is 9.47 Å². The number of nitrogens with zero attached hydrogens (tertiary/aromatic N) is 5. The predicted octanol–water partition coefficient (Wildman–Crippen LogP) is -2.16. The molecule has 0 bridgehead atoms. The fraction of sp³-hybridized carbons (Fsp3) is 0.600. The summed E-state index contributed by atoms with van der Waals surface area (Å²) < 4.78 is 10.3. The molecule has 0 N–H and O–H groups in total. The number of rotatable bonds is 9. The Labute approximate surface area is 168 Å². The molecule has 12 heteroatoms. The molecule has 0 unspecified atom stereocenters. The summed E-state index contributed by atoms with van der Waals surface area (Å²) in [6.45, 7) is 4.18. The van der Waals surface area contributed by atoms with E-state index in [2.05, 4.69) is 15.0 Å². The molecule has 0 radical (unpaired) electrons. The van der Waals surface area contributed by atoms with Gasteiger partial charge in [-0.25, -0.2) is 0 Å². The number of nitro groups is 2. The van der Waals surface area contributed by atoms with Gasteiger partial charge in [0.1, 0.15) is 5.82 Å². The van der Waals surface area contributed by atoms with Crippen molar-refractivity contribution in [1.82, 2.24) is 15.0 Å². The van der Waals surface area contributed by atoms with Gasteiger partial charge in [0.05, 0.1) is 13.2 Å². The number of ether oxygens (including phenoxy) is 2. The molecule has 0 saturated heterocycles. The van der Waals surface area contributed by atoms with Gasteiger partial charge in [-0.15, -0.1) is 4.98 Å². The van der Waals surface area contributed by atoms with E-state index in [0.717, 1.165) is 0 Å². The maximum absolute atomic E-state index is 10.7. The molecule has 22 heavy (non-hydrogen) atoms. The average molecular weight is 339 g/mol. The van der Waals surface area contributed by atoms with Gasteiger partial charge in [-0.3, -0.25) is 20.2 Å². The van der Waals surface area contributed by atoms with Gasteiger partial charge in [0, 0.05) is 0 Å². The summed E-state index contributed by atoms with van der Waals surface area (Å²) >= 11 is 0. The Kier molecular flexibility index (Phi) is 10.1. The van der Waals surface area contributed by atoms with Crippen molar-refractivity contribution in [1.29, 1.82) is 0 Å². The first-order chi connectivity index (χ1) is 9.99. The van der Waals surface area contributed by atoms with Crippen molar-refractivity contribution in [3.63, 3.8) is 0 Å². The molecular formula is C10H14KN5O6. The Balaban J connectivity index is 0.00000441. The summed E-state index contributed by atoms with van der Waals surface area (Å²) in [5.74, 6) is -0.711. The van der Waals surface area contributed by atoms with Gasteiger partial charge < -0.3 is 9.47 Å². The molecule has 0 aliphatic heterocycles. The summed E-state index contributed by atoms with van der Waals surface area (Å²) in [5, 5.41) is 21.5. The van der Waals surface area contributed by atoms with E-state index in [9.17, 15) is 20.2 Å². The Morgan fingerprint density at radius 3 is 1.68 bits per heavy atom. The second-order valence-electron chi connectivity index (χ2n) is 3.76. The van der Waals surface area contributed by atoms with Crippen LogP contribution >= 0.6 is 0 Å². The van der Waals surface area contributed by atoms with Crippen molar-refractivity contribution in [2.45, 2.75) is 26.7 Å². The van der Waals surface area contributed by atoms with Gasteiger partial charge in [-0.05, 0) is 22.7 Å². The van der Waals surface area contributed by atoms with Crippen molar-refractivity contribution in [3.8, 4) is 12.0 Å². The van der Waals surface area contributed by atoms with E-state index in [1.807, 2.05) is 13.8 Å². The minimum absolute atomic E-state index is 0. The third-order valence-corrected chi connectivity index (χ3v) is 2.01. The third kappa shape index (κ3) is 6.35. The first kappa shape index (κ1) is 20.9. The van der Waals surface area contributed by atoms with Crippen molar-refractivity contribution in [2.24, 2.45) is 0 Å². The van der Waals surface area contributed by atoms with Crippen molar-refractivity contribution in [2.75, 3.05) is 13.2 Å². The van der Waals surface area contributed by atoms with Crippen LogP contribution in [0.1, 0.15) is 32.5 Å². The molecule has 0 saturated carbocycles. The predicted molar refractivity (Wildman–Crippen MR) is 67.7 cm³/mol. The fourth-order valence-electron chi connectivity index (χ4n) is 1.18. The topological polar surface area (TPSA) is 143 Å². The van der Waals surface area contributed by atoms with Gasteiger partial charge in [-0.1, -0.05) is 13.8 Å². The Morgan fingerprint density at radius 2 is 1.36 bits per heavy atom. The van der Waals surface area contributed by atoms with Crippen LogP contribution in [0.5, 0.6) is 12.0 Å². The van der Waals surface area contributed by atoms with Crippen LogP contribution in [-0.4, -0.2) is 38.0 Å². The molecule has 1 rings (SSSR count). The Hall–Kier alpha value is -1.08. The van der Waals surface area contributed by atoms with Crippen LogP contribution in [0.4, 0.5) is 0 Å². The quantitative estimate of drug-likeness (QED) is 0.213. The van der Waals surface area contributed by atoms with Gasteiger partial charge >= 0.3 is 69.6 Å². The molecular weight excluding hydrogens is 325 g/mol. The largest absolute Gasteiger partial charge is 1.00 e. The third-order valence-electron chi connectivity index (χ3n) is 2.01. The minimum Gasteiger partial charge on any atom is -0.463 e. The molecule has 1 aromatic rings. The molecule has 0 fully saturated rings. The number of aromatic nitrogens is 3. The first-order valence-electron chi connectivity index (χ1n) is 6.17. The smallest absolute Gasteiger partial charge is 0.463 e. The van der Waals surface area contributed by atoms with Crippen molar-refractivity contribution >= 4 is 0 Å². The monoisotopic (exact) mass is 339 g/mol. The summed E-state index contributed by atoms with van der Waals surface area (Å²) in [7, 11) is 0. The molecule has 116 valence electrons. The Bertz CT molecular complexity index is 476. The second-order valence-corrected chi connectivity index (χ2v) is 3.76. The maximum atomic E-state index is 10.7. The fourth-order valence-corrected chi connectivity index (χ4v) is 1.18. The minimum atomic E-state index is -1.36. The molecule has 1 aromatic heterocycles. The van der Waals surface area contributed by atoms with E-state index < -0.39 is 21.8 Å². The van der Waals surface area contributed by atoms with E-state index in [0.29, 0.717) is 12.8 Å². The zero-order valence-electron chi connectivity index (χ0n) is 12.5. The van der Waals surface area contributed by atoms with Gasteiger partial charge in [-0.2, -0.15) is 9.97 Å². The van der Waals surface area contributed by atoms with Crippen LogP contribution in [0.15, 0.2) is 0 Å². The van der Waals surface area contributed by atoms with E-state index >= 15 is 0 Å². The average Bonchev–Trinajstić information content (AvgIpc) is 2.42. The second kappa shape index (κ2) is 10.6.